The monoisotopic (exact) mass is 450 g/mol. The van der Waals surface area contributed by atoms with Gasteiger partial charge in [-0.3, -0.25) is 14.9 Å². The minimum absolute atomic E-state index is 0.213. The van der Waals surface area contributed by atoms with Gasteiger partial charge in [0.1, 0.15) is 11.8 Å². The average Bonchev–Trinajstić information content (AvgIpc) is 2.84. The molecule has 2 heterocycles. The maximum absolute atomic E-state index is 13.0. The molecule has 2 aliphatic rings. The van der Waals surface area contributed by atoms with E-state index in [9.17, 15) is 9.59 Å². The van der Waals surface area contributed by atoms with Gasteiger partial charge in [-0.15, -0.1) is 0 Å². The van der Waals surface area contributed by atoms with E-state index < -0.39 is 17.9 Å². The fourth-order valence-corrected chi connectivity index (χ4v) is 4.28. The molecule has 0 spiro atoms. The summed E-state index contributed by atoms with van der Waals surface area (Å²) in [6.45, 7) is 6.82. The number of benzene rings is 2. The number of carbonyl (C=O) groups is 2. The van der Waals surface area contributed by atoms with Crippen LogP contribution in [0.4, 0.5) is 5.69 Å². The molecule has 0 bridgehead atoms. The van der Waals surface area contributed by atoms with Crippen LogP contribution in [0.25, 0.3) is 0 Å². The Hall–Kier alpha value is -3.55. The van der Waals surface area contributed by atoms with Gasteiger partial charge in [0.25, 0.3) is 0 Å². The number of carbonyl (C=O) groups excluding carboxylic acids is 2. The van der Waals surface area contributed by atoms with Crippen molar-refractivity contribution in [1.82, 2.24) is 10.2 Å². The maximum Gasteiger partial charge on any atom is 0.321 e. The number of amides is 1. The number of guanidine groups is 1. The molecule has 0 aromatic heterocycles. The number of piperazine rings is 1. The molecule has 0 radical (unpaired) electrons. The van der Waals surface area contributed by atoms with E-state index in [-0.39, 0.29) is 12.5 Å². The predicted octanol–water partition coefficient (Wildman–Crippen LogP) is 2.53. The molecule has 0 unspecified atom stereocenters. The molecule has 1 fully saturated rings. The summed E-state index contributed by atoms with van der Waals surface area (Å²) < 4.78 is 10.7. The van der Waals surface area contributed by atoms with E-state index in [2.05, 4.69) is 15.1 Å². The van der Waals surface area contributed by atoms with Gasteiger partial charge < -0.3 is 19.3 Å². The first-order chi connectivity index (χ1) is 16.0. The third-order valence-electron chi connectivity index (χ3n) is 6.06. The van der Waals surface area contributed by atoms with Crippen molar-refractivity contribution in [2.24, 2.45) is 10.9 Å². The number of hydrogen-bond acceptors (Lipinski definition) is 7. The SMILES string of the molecule is CCOC(=O)[C@@H]1C(=O)NC(N2CCN(c3ccccc3OC)CC2)=N[C@H]1c1ccc(C)cc1. The van der Waals surface area contributed by atoms with E-state index in [1.165, 1.54) is 0 Å². The number of aliphatic imine (C=N–C) groups is 1. The van der Waals surface area contributed by atoms with Crippen molar-refractivity contribution in [1.29, 1.82) is 0 Å². The summed E-state index contributed by atoms with van der Waals surface area (Å²) in [6, 6.07) is 15.1. The molecule has 0 saturated carbocycles. The lowest BCUT2D eigenvalue weighted by molar-refractivity contribution is -0.153. The second kappa shape index (κ2) is 9.94. The molecule has 8 nitrogen and oxygen atoms in total. The Bertz CT molecular complexity index is 1030. The van der Waals surface area contributed by atoms with Crippen LogP contribution in [0.15, 0.2) is 53.5 Å². The standard InChI is InChI=1S/C25H30N4O4/c1-4-33-24(31)21-22(18-11-9-17(2)10-12-18)26-25(27-23(21)30)29-15-13-28(14-16-29)19-7-5-6-8-20(19)32-3/h5-12,21-22H,4,13-16H2,1-3H3,(H,26,27,30)/t21-,22-/m0/s1. The minimum Gasteiger partial charge on any atom is -0.495 e. The fraction of sp³-hybridized carbons (Fsp3) is 0.400. The summed E-state index contributed by atoms with van der Waals surface area (Å²) in [6.07, 6.45) is 0. The Morgan fingerprint density at radius 3 is 2.39 bits per heavy atom. The first-order valence-electron chi connectivity index (χ1n) is 11.3. The number of hydrogen-bond donors (Lipinski definition) is 1. The van der Waals surface area contributed by atoms with Gasteiger partial charge in [-0.1, -0.05) is 42.0 Å². The van der Waals surface area contributed by atoms with Crippen molar-refractivity contribution in [2.75, 3.05) is 44.8 Å². The highest BCUT2D eigenvalue weighted by Crippen LogP contribution is 2.32. The number of aryl methyl sites for hydroxylation is 1. The van der Waals surface area contributed by atoms with Crippen molar-refractivity contribution >= 4 is 23.5 Å². The van der Waals surface area contributed by atoms with Crippen LogP contribution in [0.5, 0.6) is 5.75 Å². The molecule has 1 N–H and O–H groups in total. The Morgan fingerprint density at radius 1 is 1.06 bits per heavy atom. The molecular formula is C25H30N4O4. The number of ether oxygens (including phenoxy) is 2. The van der Waals surface area contributed by atoms with Crippen LogP contribution in [-0.4, -0.2) is 62.6 Å². The van der Waals surface area contributed by atoms with E-state index in [4.69, 9.17) is 14.5 Å². The van der Waals surface area contributed by atoms with Crippen molar-refractivity contribution < 1.29 is 19.1 Å². The zero-order valence-electron chi connectivity index (χ0n) is 19.3. The van der Waals surface area contributed by atoms with Gasteiger partial charge >= 0.3 is 5.97 Å². The van der Waals surface area contributed by atoms with Crippen LogP contribution in [0.1, 0.15) is 24.1 Å². The largest absolute Gasteiger partial charge is 0.495 e. The van der Waals surface area contributed by atoms with Crippen LogP contribution >= 0.6 is 0 Å². The second-order valence-electron chi connectivity index (χ2n) is 8.17. The van der Waals surface area contributed by atoms with Crippen molar-refractivity contribution in [2.45, 2.75) is 19.9 Å². The molecule has 33 heavy (non-hydrogen) atoms. The first-order valence-corrected chi connectivity index (χ1v) is 11.3. The highest BCUT2D eigenvalue weighted by Gasteiger charge is 2.42. The lowest BCUT2D eigenvalue weighted by Crippen LogP contribution is -2.57. The third kappa shape index (κ3) is 4.79. The van der Waals surface area contributed by atoms with E-state index in [1.54, 1.807) is 14.0 Å². The Balaban J connectivity index is 1.56. The van der Waals surface area contributed by atoms with Gasteiger partial charge in [-0.05, 0) is 31.5 Å². The summed E-state index contributed by atoms with van der Waals surface area (Å²) in [5.74, 6) is -0.594. The number of methoxy groups -OCH3 is 1. The van der Waals surface area contributed by atoms with Gasteiger partial charge in [0.05, 0.1) is 19.4 Å². The van der Waals surface area contributed by atoms with E-state index >= 15 is 0 Å². The highest BCUT2D eigenvalue weighted by molar-refractivity contribution is 6.08. The van der Waals surface area contributed by atoms with E-state index in [0.717, 1.165) is 35.7 Å². The van der Waals surface area contributed by atoms with E-state index in [0.29, 0.717) is 19.0 Å². The second-order valence-corrected chi connectivity index (χ2v) is 8.17. The zero-order valence-corrected chi connectivity index (χ0v) is 19.3. The molecule has 0 aliphatic carbocycles. The molecule has 8 heteroatoms. The van der Waals surface area contributed by atoms with E-state index in [1.807, 2.05) is 55.5 Å². The molecular weight excluding hydrogens is 420 g/mol. The van der Waals surface area contributed by atoms with Crippen LogP contribution < -0.4 is 15.0 Å². The molecule has 1 amide bonds. The first kappa shape index (κ1) is 22.6. The van der Waals surface area contributed by atoms with Gasteiger partial charge in [0, 0.05) is 26.2 Å². The molecule has 174 valence electrons. The molecule has 1 saturated heterocycles. The Kier molecular flexibility index (Phi) is 6.82. The molecule has 2 aromatic carbocycles. The number of rotatable bonds is 5. The minimum atomic E-state index is -1.01. The number of para-hydroxylation sites is 2. The molecule has 4 rings (SSSR count). The molecule has 2 atom stereocenters. The predicted molar refractivity (Wildman–Crippen MR) is 126 cm³/mol. The topological polar surface area (TPSA) is 83.5 Å². The van der Waals surface area contributed by atoms with Gasteiger partial charge in [0.15, 0.2) is 5.92 Å². The van der Waals surface area contributed by atoms with Crippen LogP contribution in [0.3, 0.4) is 0 Å². The lowest BCUT2D eigenvalue weighted by Gasteiger charge is -2.40. The molecule has 2 aliphatic heterocycles. The number of esters is 1. The smallest absolute Gasteiger partial charge is 0.321 e. The molecule has 2 aromatic rings. The van der Waals surface area contributed by atoms with Gasteiger partial charge in [-0.25, -0.2) is 4.99 Å². The quantitative estimate of drug-likeness (QED) is 0.557. The third-order valence-corrected chi connectivity index (χ3v) is 6.06. The number of nitrogens with zero attached hydrogens (tertiary/aromatic N) is 3. The van der Waals surface area contributed by atoms with Crippen molar-refractivity contribution in [3.05, 3.63) is 59.7 Å². The summed E-state index contributed by atoms with van der Waals surface area (Å²) >= 11 is 0. The van der Waals surface area contributed by atoms with Crippen LogP contribution in [-0.2, 0) is 14.3 Å². The maximum atomic E-state index is 13.0. The Labute approximate surface area is 194 Å². The van der Waals surface area contributed by atoms with Crippen LogP contribution in [0.2, 0.25) is 0 Å². The summed E-state index contributed by atoms with van der Waals surface area (Å²) in [4.78, 5) is 34.8. The van der Waals surface area contributed by atoms with Crippen LogP contribution in [0, 0.1) is 12.8 Å². The number of anilines is 1. The zero-order chi connectivity index (χ0) is 23.4. The summed E-state index contributed by atoms with van der Waals surface area (Å²) in [7, 11) is 1.67. The van der Waals surface area contributed by atoms with Gasteiger partial charge in [-0.2, -0.15) is 0 Å². The van der Waals surface area contributed by atoms with Gasteiger partial charge in [0.2, 0.25) is 11.9 Å². The highest BCUT2D eigenvalue weighted by atomic mass is 16.5. The van der Waals surface area contributed by atoms with Crippen molar-refractivity contribution in [3.63, 3.8) is 0 Å². The average molecular weight is 451 g/mol. The normalized spacial score (nSPS) is 20.7. The summed E-state index contributed by atoms with van der Waals surface area (Å²) in [5.41, 5.74) is 2.97. The lowest BCUT2D eigenvalue weighted by atomic mass is 9.91. The Morgan fingerprint density at radius 2 is 1.73 bits per heavy atom. The van der Waals surface area contributed by atoms with Crippen molar-refractivity contribution in [3.8, 4) is 5.75 Å². The fourth-order valence-electron chi connectivity index (χ4n) is 4.28. The summed E-state index contributed by atoms with van der Waals surface area (Å²) in [5, 5.41) is 2.86. The number of nitrogens with one attached hydrogen (secondary N) is 1.